The van der Waals surface area contributed by atoms with Crippen LogP contribution in [0.5, 0.6) is 0 Å². The first-order chi connectivity index (χ1) is 8.43. The molecule has 0 aliphatic carbocycles. The summed E-state index contributed by atoms with van der Waals surface area (Å²) in [5.74, 6) is 0. The van der Waals surface area contributed by atoms with E-state index in [9.17, 15) is 5.11 Å². The van der Waals surface area contributed by atoms with Gasteiger partial charge in [-0.2, -0.15) is 5.26 Å². The van der Waals surface area contributed by atoms with Gasteiger partial charge in [0.1, 0.15) is 6.07 Å². The molecule has 0 bridgehead atoms. The summed E-state index contributed by atoms with van der Waals surface area (Å²) >= 11 is 5.98. The molecule has 2 N–H and O–H groups in total. The summed E-state index contributed by atoms with van der Waals surface area (Å²) in [5, 5.41) is 21.2. The Morgan fingerprint density at radius 2 is 2.22 bits per heavy atom. The number of anilines is 1. The van der Waals surface area contributed by atoms with Crippen LogP contribution >= 0.6 is 11.6 Å². The van der Waals surface area contributed by atoms with E-state index in [4.69, 9.17) is 16.9 Å². The molecule has 1 aliphatic heterocycles. The van der Waals surface area contributed by atoms with Gasteiger partial charge in [0.05, 0.1) is 27.9 Å². The highest BCUT2D eigenvalue weighted by Gasteiger charge is 2.30. The molecule has 0 saturated heterocycles. The molecule has 0 aromatic heterocycles. The minimum absolute atomic E-state index is 0.206. The summed E-state index contributed by atoms with van der Waals surface area (Å²) in [6, 6.07) is 7.14. The third-order valence-corrected chi connectivity index (χ3v) is 3.14. The SMILES string of the molecule is CC(C)(O)C1C=CN(c2cccc(Cl)c2C#N)N1. The highest BCUT2D eigenvalue weighted by molar-refractivity contribution is 6.32. The van der Waals surface area contributed by atoms with Crippen molar-refractivity contribution in [3.63, 3.8) is 0 Å². The number of hydrogen-bond acceptors (Lipinski definition) is 4. The van der Waals surface area contributed by atoms with Gasteiger partial charge in [-0.3, -0.25) is 5.01 Å². The molecule has 1 aromatic rings. The van der Waals surface area contributed by atoms with Crippen molar-refractivity contribution in [2.75, 3.05) is 5.01 Å². The van der Waals surface area contributed by atoms with E-state index in [2.05, 4.69) is 11.5 Å². The highest BCUT2D eigenvalue weighted by atomic mass is 35.5. The lowest BCUT2D eigenvalue weighted by atomic mass is 10.0. The number of hydrogen-bond donors (Lipinski definition) is 2. The maximum absolute atomic E-state index is 9.93. The second-order valence-electron chi connectivity index (χ2n) is 4.72. The Labute approximate surface area is 111 Å². The fraction of sp³-hybridized carbons (Fsp3) is 0.308. The van der Waals surface area contributed by atoms with E-state index in [1.54, 1.807) is 43.3 Å². The van der Waals surface area contributed by atoms with Crippen LogP contribution in [0, 0.1) is 11.3 Å². The zero-order chi connectivity index (χ0) is 13.3. The third kappa shape index (κ3) is 2.34. The molecule has 0 saturated carbocycles. The molecule has 1 aromatic carbocycles. The fourth-order valence-electron chi connectivity index (χ4n) is 1.78. The first-order valence-corrected chi connectivity index (χ1v) is 5.96. The number of rotatable bonds is 2. The summed E-state index contributed by atoms with van der Waals surface area (Å²) in [4.78, 5) is 0. The molecule has 0 radical (unpaired) electrons. The smallest absolute Gasteiger partial charge is 0.103 e. The average molecular weight is 264 g/mol. The molecule has 94 valence electrons. The zero-order valence-corrected chi connectivity index (χ0v) is 10.9. The Kier molecular flexibility index (Phi) is 3.31. The van der Waals surface area contributed by atoms with Crippen LogP contribution in [0.15, 0.2) is 30.5 Å². The Morgan fingerprint density at radius 1 is 1.50 bits per heavy atom. The predicted molar refractivity (Wildman–Crippen MR) is 71.0 cm³/mol. The molecule has 0 fully saturated rings. The summed E-state index contributed by atoms with van der Waals surface area (Å²) in [5.41, 5.74) is 3.32. The van der Waals surface area contributed by atoms with Crippen LogP contribution in [0.4, 0.5) is 5.69 Å². The van der Waals surface area contributed by atoms with E-state index in [0.29, 0.717) is 16.3 Å². The van der Waals surface area contributed by atoms with Gasteiger partial charge in [0.2, 0.25) is 0 Å². The Hall–Kier alpha value is -1.54. The molecule has 4 nitrogen and oxygen atoms in total. The van der Waals surface area contributed by atoms with E-state index in [-0.39, 0.29) is 6.04 Å². The topological polar surface area (TPSA) is 59.3 Å². The van der Waals surface area contributed by atoms with Crippen molar-refractivity contribution in [3.8, 4) is 6.07 Å². The second-order valence-corrected chi connectivity index (χ2v) is 5.12. The van der Waals surface area contributed by atoms with E-state index in [0.717, 1.165) is 0 Å². The van der Waals surface area contributed by atoms with Crippen LogP contribution in [-0.2, 0) is 0 Å². The normalized spacial score (nSPS) is 19.1. The number of aliphatic hydroxyl groups is 1. The summed E-state index contributed by atoms with van der Waals surface area (Å²) < 4.78 is 0. The first-order valence-electron chi connectivity index (χ1n) is 5.58. The lowest BCUT2D eigenvalue weighted by Gasteiger charge is -2.28. The fourth-order valence-corrected chi connectivity index (χ4v) is 1.99. The van der Waals surface area contributed by atoms with Crippen LogP contribution in [0.3, 0.4) is 0 Å². The van der Waals surface area contributed by atoms with Crippen LogP contribution in [0.1, 0.15) is 19.4 Å². The van der Waals surface area contributed by atoms with Crippen molar-refractivity contribution in [1.29, 1.82) is 5.26 Å². The lowest BCUT2D eigenvalue weighted by molar-refractivity contribution is 0.0573. The minimum atomic E-state index is -0.878. The van der Waals surface area contributed by atoms with Gasteiger partial charge in [0.15, 0.2) is 0 Å². The van der Waals surface area contributed by atoms with Gasteiger partial charge in [0, 0.05) is 6.20 Å². The van der Waals surface area contributed by atoms with Gasteiger partial charge in [0.25, 0.3) is 0 Å². The Morgan fingerprint density at radius 3 is 2.78 bits per heavy atom. The largest absolute Gasteiger partial charge is 0.388 e. The number of nitriles is 1. The summed E-state index contributed by atoms with van der Waals surface area (Å²) in [6.07, 6.45) is 3.64. The number of nitrogens with zero attached hydrogens (tertiary/aromatic N) is 2. The molecule has 0 amide bonds. The molecule has 1 aliphatic rings. The average Bonchev–Trinajstić information content (AvgIpc) is 2.77. The summed E-state index contributed by atoms with van der Waals surface area (Å²) in [6.45, 7) is 3.45. The third-order valence-electron chi connectivity index (χ3n) is 2.83. The van der Waals surface area contributed by atoms with Gasteiger partial charge >= 0.3 is 0 Å². The minimum Gasteiger partial charge on any atom is -0.388 e. The molecule has 1 heterocycles. The Balaban J connectivity index is 2.29. The van der Waals surface area contributed by atoms with Gasteiger partial charge < -0.3 is 5.11 Å². The van der Waals surface area contributed by atoms with Crippen molar-refractivity contribution >= 4 is 17.3 Å². The molecule has 0 spiro atoms. The number of nitrogens with one attached hydrogen (secondary N) is 1. The van der Waals surface area contributed by atoms with Crippen LogP contribution < -0.4 is 10.4 Å². The van der Waals surface area contributed by atoms with Crippen LogP contribution in [0.25, 0.3) is 0 Å². The highest BCUT2D eigenvalue weighted by Crippen LogP contribution is 2.28. The van der Waals surface area contributed by atoms with Crippen LogP contribution in [0.2, 0.25) is 5.02 Å². The predicted octanol–water partition coefficient (Wildman–Crippen LogP) is 2.19. The molecule has 1 unspecified atom stereocenters. The maximum Gasteiger partial charge on any atom is 0.103 e. The quantitative estimate of drug-likeness (QED) is 0.859. The molecule has 1 atom stereocenters. The van der Waals surface area contributed by atoms with E-state index >= 15 is 0 Å². The van der Waals surface area contributed by atoms with Gasteiger partial charge in [-0.25, -0.2) is 5.43 Å². The molecule has 18 heavy (non-hydrogen) atoms. The van der Waals surface area contributed by atoms with E-state index in [1.807, 2.05) is 6.08 Å². The first kappa shape index (κ1) is 12.9. The van der Waals surface area contributed by atoms with Crippen LogP contribution in [-0.4, -0.2) is 16.7 Å². The molecular weight excluding hydrogens is 250 g/mol. The summed E-state index contributed by atoms with van der Waals surface area (Å²) in [7, 11) is 0. The number of hydrazine groups is 1. The van der Waals surface area contributed by atoms with Crippen molar-refractivity contribution in [3.05, 3.63) is 41.1 Å². The monoisotopic (exact) mass is 263 g/mol. The van der Waals surface area contributed by atoms with Crippen molar-refractivity contribution < 1.29 is 5.11 Å². The van der Waals surface area contributed by atoms with Gasteiger partial charge in [-0.1, -0.05) is 17.7 Å². The van der Waals surface area contributed by atoms with Crippen molar-refractivity contribution in [2.24, 2.45) is 0 Å². The van der Waals surface area contributed by atoms with Gasteiger partial charge in [-0.15, -0.1) is 0 Å². The number of halogens is 1. The lowest BCUT2D eigenvalue weighted by Crippen LogP contribution is -2.47. The van der Waals surface area contributed by atoms with E-state index < -0.39 is 5.60 Å². The standard InChI is InChI=1S/C13H14ClN3O/c1-13(2,18)12-6-7-17(16-12)11-5-3-4-10(14)9(11)8-15/h3-7,12,16,18H,1-2H3. The maximum atomic E-state index is 9.93. The molecule has 2 rings (SSSR count). The van der Waals surface area contributed by atoms with Crippen molar-refractivity contribution in [1.82, 2.24) is 5.43 Å². The number of benzene rings is 1. The Bertz CT molecular complexity index is 528. The zero-order valence-electron chi connectivity index (χ0n) is 10.2. The molecular formula is C13H14ClN3O. The van der Waals surface area contributed by atoms with E-state index in [1.165, 1.54) is 0 Å². The van der Waals surface area contributed by atoms with Crippen molar-refractivity contribution in [2.45, 2.75) is 25.5 Å². The molecule has 5 heteroatoms. The van der Waals surface area contributed by atoms with Gasteiger partial charge in [-0.05, 0) is 32.1 Å². The second kappa shape index (κ2) is 4.62.